The number of benzene rings is 1. The van der Waals surface area contributed by atoms with Crippen molar-refractivity contribution in [2.45, 2.75) is 33.9 Å². The first-order valence-electron chi connectivity index (χ1n) is 7.68. The third-order valence-electron chi connectivity index (χ3n) is 3.39. The van der Waals surface area contributed by atoms with Gasteiger partial charge in [0.25, 0.3) is 0 Å². The molecule has 6 nitrogen and oxygen atoms in total. The number of hydrogen-bond acceptors (Lipinski definition) is 3. The van der Waals surface area contributed by atoms with E-state index in [9.17, 15) is 4.79 Å². The van der Waals surface area contributed by atoms with Crippen LogP contribution in [0, 0.1) is 12.8 Å². The largest absolute Gasteiger partial charge is 0.495 e. The number of aryl methyl sites for hydroxylation is 1. The molecular weight excluding hydrogens is 292 g/mol. The SMILES string of the molecule is COc1ccc(C)cc1NC(=O)NCc1cncn1CC(C)C. The highest BCUT2D eigenvalue weighted by molar-refractivity contribution is 5.91. The second-order valence-electron chi connectivity index (χ2n) is 5.94. The van der Waals surface area contributed by atoms with Crippen molar-refractivity contribution in [1.82, 2.24) is 14.9 Å². The Kier molecular flexibility index (Phi) is 5.62. The third kappa shape index (κ3) is 4.74. The van der Waals surface area contributed by atoms with Gasteiger partial charge in [0.15, 0.2) is 0 Å². The van der Waals surface area contributed by atoms with E-state index < -0.39 is 0 Å². The molecular formula is C17H24N4O2. The summed E-state index contributed by atoms with van der Waals surface area (Å²) in [4.78, 5) is 16.3. The predicted octanol–water partition coefficient (Wildman–Crippen LogP) is 3.18. The lowest BCUT2D eigenvalue weighted by Gasteiger charge is -2.13. The number of ether oxygens (including phenoxy) is 1. The van der Waals surface area contributed by atoms with Crippen LogP contribution < -0.4 is 15.4 Å². The molecule has 2 amide bonds. The van der Waals surface area contributed by atoms with E-state index >= 15 is 0 Å². The minimum atomic E-state index is -0.272. The number of aromatic nitrogens is 2. The van der Waals surface area contributed by atoms with E-state index in [-0.39, 0.29) is 6.03 Å². The van der Waals surface area contributed by atoms with Gasteiger partial charge < -0.3 is 19.9 Å². The van der Waals surface area contributed by atoms with E-state index in [1.165, 1.54) is 0 Å². The molecule has 0 aliphatic carbocycles. The van der Waals surface area contributed by atoms with Crippen LogP contribution >= 0.6 is 0 Å². The van der Waals surface area contributed by atoms with E-state index in [1.54, 1.807) is 19.6 Å². The van der Waals surface area contributed by atoms with Gasteiger partial charge >= 0.3 is 6.03 Å². The number of carbonyl (C=O) groups is 1. The summed E-state index contributed by atoms with van der Waals surface area (Å²) in [6.45, 7) is 7.56. The normalized spacial score (nSPS) is 10.7. The molecule has 2 aromatic rings. The molecule has 1 heterocycles. The maximum absolute atomic E-state index is 12.1. The van der Waals surface area contributed by atoms with Gasteiger partial charge in [0.2, 0.25) is 0 Å². The lowest BCUT2D eigenvalue weighted by Crippen LogP contribution is -2.29. The zero-order valence-electron chi connectivity index (χ0n) is 14.1. The molecule has 2 rings (SSSR count). The van der Waals surface area contributed by atoms with E-state index in [0.717, 1.165) is 17.8 Å². The Labute approximate surface area is 136 Å². The Balaban J connectivity index is 1.96. The lowest BCUT2D eigenvalue weighted by molar-refractivity contribution is 0.251. The maximum Gasteiger partial charge on any atom is 0.319 e. The van der Waals surface area contributed by atoms with Crippen LogP contribution in [-0.4, -0.2) is 22.7 Å². The molecule has 0 fully saturated rings. The van der Waals surface area contributed by atoms with Crippen LogP contribution in [-0.2, 0) is 13.1 Å². The highest BCUT2D eigenvalue weighted by atomic mass is 16.5. The molecule has 23 heavy (non-hydrogen) atoms. The fourth-order valence-electron chi connectivity index (χ4n) is 2.31. The van der Waals surface area contributed by atoms with Crippen molar-refractivity contribution < 1.29 is 9.53 Å². The number of carbonyl (C=O) groups excluding carboxylic acids is 1. The zero-order valence-corrected chi connectivity index (χ0v) is 14.1. The smallest absolute Gasteiger partial charge is 0.319 e. The van der Waals surface area contributed by atoms with Crippen LogP contribution in [0.3, 0.4) is 0 Å². The summed E-state index contributed by atoms with van der Waals surface area (Å²) in [5.74, 6) is 1.16. The number of rotatable bonds is 6. The van der Waals surface area contributed by atoms with Crippen molar-refractivity contribution in [3.05, 3.63) is 42.0 Å². The minimum absolute atomic E-state index is 0.272. The number of amides is 2. The minimum Gasteiger partial charge on any atom is -0.495 e. The van der Waals surface area contributed by atoms with Crippen LogP contribution in [0.25, 0.3) is 0 Å². The molecule has 2 N–H and O–H groups in total. The molecule has 0 aliphatic heterocycles. The molecule has 0 spiro atoms. The summed E-state index contributed by atoms with van der Waals surface area (Å²) in [7, 11) is 1.58. The summed E-state index contributed by atoms with van der Waals surface area (Å²) in [6, 6.07) is 5.38. The molecule has 0 saturated carbocycles. The van der Waals surface area contributed by atoms with Gasteiger partial charge in [0.05, 0.1) is 31.4 Å². The Hall–Kier alpha value is -2.50. The van der Waals surface area contributed by atoms with Gasteiger partial charge in [-0.05, 0) is 30.5 Å². The molecule has 0 bridgehead atoms. The number of methoxy groups -OCH3 is 1. The number of anilines is 1. The first-order chi connectivity index (χ1) is 11.0. The Morgan fingerprint density at radius 3 is 2.87 bits per heavy atom. The molecule has 1 aromatic carbocycles. The molecule has 0 atom stereocenters. The quantitative estimate of drug-likeness (QED) is 0.860. The summed E-state index contributed by atoms with van der Waals surface area (Å²) >= 11 is 0. The standard InChI is InChI=1S/C17H24N4O2/c1-12(2)10-21-11-18-8-14(21)9-19-17(22)20-15-7-13(3)5-6-16(15)23-4/h5-8,11-12H,9-10H2,1-4H3,(H2,19,20,22). The van der Waals surface area contributed by atoms with E-state index in [1.807, 2.05) is 25.1 Å². The van der Waals surface area contributed by atoms with Gasteiger partial charge in [-0.2, -0.15) is 0 Å². The zero-order chi connectivity index (χ0) is 16.8. The Morgan fingerprint density at radius 1 is 1.39 bits per heavy atom. The molecule has 1 aromatic heterocycles. The van der Waals surface area contributed by atoms with Crippen molar-refractivity contribution in [2.24, 2.45) is 5.92 Å². The second kappa shape index (κ2) is 7.67. The highest BCUT2D eigenvalue weighted by Crippen LogP contribution is 2.24. The van der Waals surface area contributed by atoms with Crippen molar-refractivity contribution in [2.75, 3.05) is 12.4 Å². The van der Waals surface area contributed by atoms with Crippen LogP contribution in [0.1, 0.15) is 25.1 Å². The maximum atomic E-state index is 12.1. The lowest BCUT2D eigenvalue weighted by atomic mass is 10.2. The van der Waals surface area contributed by atoms with Crippen molar-refractivity contribution in [3.63, 3.8) is 0 Å². The summed E-state index contributed by atoms with van der Waals surface area (Å²) in [6.07, 6.45) is 3.56. The number of urea groups is 1. The fourth-order valence-corrected chi connectivity index (χ4v) is 2.31. The summed E-state index contributed by atoms with van der Waals surface area (Å²) in [5, 5.41) is 5.67. The molecule has 124 valence electrons. The Morgan fingerprint density at radius 2 is 2.17 bits per heavy atom. The van der Waals surface area contributed by atoms with Crippen molar-refractivity contribution in [1.29, 1.82) is 0 Å². The predicted molar refractivity (Wildman–Crippen MR) is 90.7 cm³/mol. The Bertz CT molecular complexity index is 664. The van der Waals surface area contributed by atoms with Gasteiger partial charge in [0.1, 0.15) is 5.75 Å². The summed E-state index contributed by atoms with van der Waals surface area (Å²) in [5.41, 5.74) is 2.68. The average molecular weight is 316 g/mol. The number of imidazole rings is 1. The summed E-state index contributed by atoms with van der Waals surface area (Å²) < 4.78 is 7.31. The topological polar surface area (TPSA) is 68.2 Å². The molecule has 0 saturated heterocycles. The van der Waals surface area contributed by atoms with Crippen molar-refractivity contribution in [3.8, 4) is 5.75 Å². The van der Waals surface area contributed by atoms with Gasteiger partial charge in [-0.3, -0.25) is 0 Å². The number of nitrogens with zero attached hydrogens (tertiary/aromatic N) is 2. The average Bonchev–Trinajstić information content (AvgIpc) is 2.92. The van der Waals surface area contributed by atoms with Gasteiger partial charge in [0, 0.05) is 12.7 Å². The van der Waals surface area contributed by atoms with Gasteiger partial charge in [-0.15, -0.1) is 0 Å². The van der Waals surface area contributed by atoms with Crippen LogP contribution in [0.15, 0.2) is 30.7 Å². The molecule has 0 unspecified atom stereocenters. The van der Waals surface area contributed by atoms with Crippen LogP contribution in [0.4, 0.5) is 10.5 Å². The first-order valence-corrected chi connectivity index (χ1v) is 7.68. The molecule has 0 aliphatic rings. The number of hydrogen-bond donors (Lipinski definition) is 2. The van der Waals surface area contributed by atoms with E-state index in [0.29, 0.717) is 23.9 Å². The van der Waals surface area contributed by atoms with Crippen LogP contribution in [0.2, 0.25) is 0 Å². The molecule has 6 heteroatoms. The van der Waals surface area contributed by atoms with Gasteiger partial charge in [-0.1, -0.05) is 19.9 Å². The van der Waals surface area contributed by atoms with Crippen molar-refractivity contribution >= 4 is 11.7 Å². The second-order valence-corrected chi connectivity index (χ2v) is 5.94. The van der Waals surface area contributed by atoms with E-state index in [4.69, 9.17) is 4.74 Å². The molecule has 0 radical (unpaired) electrons. The number of nitrogens with one attached hydrogen (secondary N) is 2. The fraction of sp³-hybridized carbons (Fsp3) is 0.412. The van der Waals surface area contributed by atoms with E-state index in [2.05, 4.69) is 34.0 Å². The highest BCUT2D eigenvalue weighted by Gasteiger charge is 2.09. The van der Waals surface area contributed by atoms with Crippen LogP contribution in [0.5, 0.6) is 5.75 Å². The van der Waals surface area contributed by atoms with Gasteiger partial charge in [-0.25, -0.2) is 9.78 Å². The first kappa shape index (κ1) is 16.9. The monoisotopic (exact) mass is 316 g/mol. The third-order valence-corrected chi connectivity index (χ3v) is 3.39.